The van der Waals surface area contributed by atoms with Gasteiger partial charge in [-0.15, -0.1) is 0 Å². The Morgan fingerprint density at radius 1 is 1.03 bits per heavy atom. The molecule has 4 aliphatic heterocycles. The van der Waals surface area contributed by atoms with Crippen LogP contribution in [0.1, 0.15) is 54.4 Å². The van der Waals surface area contributed by atoms with Crippen LogP contribution in [0.15, 0.2) is 24.3 Å². The Morgan fingerprint density at radius 2 is 1.74 bits per heavy atom. The first-order valence-electron chi connectivity index (χ1n) is 12.9. The maximum Gasteiger partial charge on any atom is 0.249 e. The van der Waals surface area contributed by atoms with Gasteiger partial charge in [-0.25, -0.2) is 0 Å². The zero-order chi connectivity index (χ0) is 25.8. The summed E-state index contributed by atoms with van der Waals surface area (Å²) >= 11 is 0. The molecule has 0 saturated carbocycles. The van der Waals surface area contributed by atoms with E-state index in [0.29, 0.717) is 19.6 Å². The molecule has 0 radical (unpaired) electrons. The zero-order valence-electron chi connectivity index (χ0n) is 22.0. The fourth-order valence-electron chi connectivity index (χ4n) is 6.95. The SMILES string of the molecule is CCCN1CC=C[C@@H]2O[C@]34C=CCN(C(C)(C)CC(C)(C)C)C(=O)C3N(CCO)C(=O)[C@@H]4[C@@H]2C1=O. The fourth-order valence-corrected chi connectivity index (χ4v) is 6.95. The summed E-state index contributed by atoms with van der Waals surface area (Å²) in [6, 6.07) is -0.919. The van der Waals surface area contributed by atoms with Gasteiger partial charge < -0.3 is 24.5 Å². The smallest absolute Gasteiger partial charge is 0.249 e. The highest BCUT2D eigenvalue weighted by molar-refractivity contribution is 6.00. The molecule has 2 saturated heterocycles. The fraction of sp³-hybridized carbons (Fsp3) is 0.741. The average Bonchev–Trinajstić information content (AvgIpc) is 3.04. The first-order chi connectivity index (χ1) is 16.4. The summed E-state index contributed by atoms with van der Waals surface area (Å²) in [7, 11) is 0. The largest absolute Gasteiger partial charge is 0.395 e. The minimum Gasteiger partial charge on any atom is -0.395 e. The van der Waals surface area contributed by atoms with Crippen molar-refractivity contribution >= 4 is 17.7 Å². The molecule has 0 aliphatic carbocycles. The molecule has 0 bridgehead atoms. The maximum atomic E-state index is 14.3. The van der Waals surface area contributed by atoms with Gasteiger partial charge in [0.2, 0.25) is 17.7 Å². The van der Waals surface area contributed by atoms with E-state index in [1.807, 2.05) is 36.1 Å². The molecule has 0 aromatic rings. The minimum absolute atomic E-state index is 0.00664. The summed E-state index contributed by atoms with van der Waals surface area (Å²) in [5, 5.41) is 9.81. The number of aliphatic hydroxyl groups excluding tert-OH is 1. The van der Waals surface area contributed by atoms with E-state index in [1.54, 1.807) is 4.90 Å². The van der Waals surface area contributed by atoms with Crippen LogP contribution in [0.3, 0.4) is 0 Å². The molecule has 8 nitrogen and oxygen atoms in total. The molecule has 5 atom stereocenters. The second kappa shape index (κ2) is 9.04. The highest BCUT2D eigenvalue weighted by Gasteiger charge is 2.72. The van der Waals surface area contributed by atoms with E-state index in [2.05, 4.69) is 34.6 Å². The number of amides is 3. The normalized spacial score (nSPS) is 33.1. The number of ether oxygens (including phenoxy) is 1. The lowest BCUT2D eigenvalue weighted by molar-refractivity contribution is -0.152. The summed E-state index contributed by atoms with van der Waals surface area (Å²) in [6.07, 6.45) is 8.63. The Labute approximate surface area is 208 Å². The van der Waals surface area contributed by atoms with Crippen LogP contribution in [-0.2, 0) is 19.1 Å². The van der Waals surface area contributed by atoms with Crippen LogP contribution >= 0.6 is 0 Å². The molecule has 0 aromatic carbocycles. The lowest BCUT2D eigenvalue weighted by atomic mass is 9.77. The van der Waals surface area contributed by atoms with Crippen LogP contribution < -0.4 is 0 Å². The molecule has 35 heavy (non-hydrogen) atoms. The number of fused-ring (bicyclic) bond motifs is 2. The summed E-state index contributed by atoms with van der Waals surface area (Å²) in [4.78, 5) is 46.9. The van der Waals surface area contributed by atoms with E-state index < -0.39 is 35.1 Å². The van der Waals surface area contributed by atoms with Crippen molar-refractivity contribution in [2.24, 2.45) is 17.3 Å². The summed E-state index contributed by atoms with van der Waals surface area (Å²) in [5.74, 6) is -2.07. The number of aliphatic hydroxyl groups is 1. The number of likely N-dealkylation sites (tertiary alicyclic amines) is 1. The van der Waals surface area contributed by atoms with Gasteiger partial charge in [-0.1, -0.05) is 52.0 Å². The number of nitrogens with zero attached hydrogens (tertiary/aromatic N) is 3. The maximum absolute atomic E-state index is 14.3. The summed E-state index contributed by atoms with van der Waals surface area (Å²) < 4.78 is 6.60. The van der Waals surface area contributed by atoms with Crippen molar-refractivity contribution in [2.45, 2.75) is 77.7 Å². The zero-order valence-corrected chi connectivity index (χ0v) is 22.0. The van der Waals surface area contributed by atoms with Crippen LogP contribution in [-0.4, -0.2) is 93.6 Å². The van der Waals surface area contributed by atoms with Gasteiger partial charge in [-0.3, -0.25) is 14.4 Å². The first-order valence-corrected chi connectivity index (χ1v) is 12.9. The topological polar surface area (TPSA) is 90.4 Å². The van der Waals surface area contributed by atoms with Crippen LogP contribution in [0.5, 0.6) is 0 Å². The summed E-state index contributed by atoms with van der Waals surface area (Å²) in [5.41, 5.74) is -1.71. The van der Waals surface area contributed by atoms with Crippen molar-refractivity contribution in [3.8, 4) is 0 Å². The molecule has 1 unspecified atom stereocenters. The highest BCUT2D eigenvalue weighted by atomic mass is 16.5. The van der Waals surface area contributed by atoms with Crippen LogP contribution in [0.4, 0.5) is 0 Å². The molecule has 194 valence electrons. The van der Waals surface area contributed by atoms with E-state index in [0.717, 1.165) is 12.8 Å². The van der Waals surface area contributed by atoms with Gasteiger partial charge >= 0.3 is 0 Å². The Balaban J connectivity index is 1.78. The average molecular weight is 488 g/mol. The Morgan fingerprint density at radius 3 is 2.37 bits per heavy atom. The van der Waals surface area contributed by atoms with Crippen molar-refractivity contribution in [2.75, 3.05) is 32.8 Å². The quantitative estimate of drug-likeness (QED) is 0.579. The van der Waals surface area contributed by atoms with Gasteiger partial charge in [0.1, 0.15) is 11.6 Å². The number of carbonyl (C=O) groups excluding carboxylic acids is 3. The number of β-amino-alcohol motifs (C(OH)–C–C–N with tert-alkyl or cyclic N) is 1. The third-order valence-corrected chi connectivity index (χ3v) is 7.77. The molecule has 0 aromatic heterocycles. The second-order valence-electron chi connectivity index (χ2n) is 12.2. The molecule has 1 spiro atoms. The number of hydrogen-bond acceptors (Lipinski definition) is 5. The molecule has 2 fully saturated rings. The van der Waals surface area contributed by atoms with E-state index in [9.17, 15) is 19.5 Å². The lowest BCUT2D eigenvalue weighted by Gasteiger charge is -2.44. The predicted molar refractivity (Wildman–Crippen MR) is 132 cm³/mol. The molecule has 4 heterocycles. The third-order valence-electron chi connectivity index (χ3n) is 7.77. The number of hydrogen-bond donors (Lipinski definition) is 1. The number of carbonyl (C=O) groups is 3. The lowest BCUT2D eigenvalue weighted by Crippen LogP contribution is -2.60. The standard InChI is InChI=1S/C27H41N3O5/c1-7-12-28-13-8-10-18-19(22(28)32)20-23(33)29(15-16-31)21-24(34)30(14-9-11-27(20,21)35-18)26(5,6)17-25(2,3)4/h8-11,18-21,31H,7,12-17H2,1-6H3/t18-,19+,20-,21?,27-/m0/s1. The van der Waals surface area contributed by atoms with Gasteiger partial charge in [-0.05, 0) is 32.1 Å². The van der Waals surface area contributed by atoms with E-state index >= 15 is 0 Å². The Kier molecular flexibility index (Phi) is 6.68. The molecule has 4 rings (SSSR count). The minimum atomic E-state index is -1.24. The van der Waals surface area contributed by atoms with Crippen molar-refractivity contribution < 1.29 is 24.2 Å². The van der Waals surface area contributed by atoms with E-state index in [-0.39, 0.29) is 36.3 Å². The van der Waals surface area contributed by atoms with Gasteiger partial charge in [0.15, 0.2) is 0 Å². The van der Waals surface area contributed by atoms with Crippen molar-refractivity contribution in [1.29, 1.82) is 0 Å². The van der Waals surface area contributed by atoms with Crippen molar-refractivity contribution in [1.82, 2.24) is 14.7 Å². The third kappa shape index (κ3) is 4.22. The molecular weight excluding hydrogens is 446 g/mol. The summed E-state index contributed by atoms with van der Waals surface area (Å²) in [6.45, 7) is 13.8. The molecule has 8 heteroatoms. The van der Waals surface area contributed by atoms with E-state index in [4.69, 9.17) is 4.74 Å². The molecule has 3 amide bonds. The van der Waals surface area contributed by atoms with Crippen molar-refractivity contribution in [3.63, 3.8) is 0 Å². The monoisotopic (exact) mass is 487 g/mol. The Hall–Kier alpha value is -2.19. The van der Waals surface area contributed by atoms with Gasteiger partial charge in [0.25, 0.3) is 0 Å². The second-order valence-corrected chi connectivity index (χ2v) is 12.2. The molecule has 4 aliphatic rings. The first kappa shape index (κ1) is 25.9. The van der Waals surface area contributed by atoms with Gasteiger partial charge in [-0.2, -0.15) is 0 Å². The van der Waals surface area contributed by atoms with Gasteiger partial charge in [0.05, 0.1) is 24.5 Å². The van der Waals surface area contributed by atoms with Crippen LogP contribution in [0.2, 0.25) is 0 Å². The molecule has 1 N–H and O–H groups in total. The number of rotatable bonds is 6. The predicted octanol–water partition coefficient (Wildman–Crippen LogP) is 1.98. The Bertz CT molecular complexity index is 936. The van der Waals surface area contributed by atoms with Gasteiger partial charge in [0, 0.05) is 31.7 Å². The van der Waals surface area contributed by atoms with Crippen molar-refractivity contribution in [3.05, 3.63) is 24.3 Å². The van der Waals surface area contributed by atoms with Crippen LogP contribution in [0, 0.1) is 17.3 Å². The highest BCUT2D eigenvalue weighted by Crippen LogP contribution is 2.53. The molecular formula is C27H41N3O5. The van der Waals surface area contributed by atoms with Crippen LogP contribution in [0.25, 0.3) is 0 Å². The van der Waals surface area contributed by atoms with E-state index in [1.165, 1.54) is 4.90 Å².